The fraction of sp³-hybridized carbons (Fsp3) is 0.321. The molecule has 2 atom stereocenters. The highest BCUT2D eigenvalue weighted by Crippen LogP contribution is 2.33. The molecule has 1 aliphatic carbocycles. The third kappa shape index (κ3) is 3.97. The van der Waals surface area contributed by atoms with Gasteiger partial charge in [0.2, 0.25) is 5.91 Å². The van der Waals surface area contributed by atoms with Gasteiger partial charge in [-0.15, -0.1) is 0 Å². The molecule has 2 saturated heterocycles. The molecule has 6 rings (SSSR count). The minimum atomic E-state index is -0.0253. The van der Waals surface area contributed by atoms with Crippen molar-refractivity contribution < 1.29 is 9.59 Å². The van der Waals surface area contributed by atoms with Crippen molar-refractivity contribution in [3.05, 3.63) is 77.8 Å². The number of hydrogen-bond acceptors (Lipinski definition) is 5. The van der Waals surface area contributed by atoms with Crippen LogP contribution in [0.15, 0.2) is 66.5 Å². The maximum Gasteiger partial charge on any atom is 0.253 e. The summed E-state index contributed by atoms with van der Waals surface area (Å²) in [6.45, 7) is 2.20. The molecule has 184 valence electrons. The molecule has 3 aliphatic rings. The molecule has 0 saturated carbocycles. The van der Waals surface area contributed by atoms with Gasteiger partial charge in [0.25, 0.3) is 5.91 Å². The molecule has 3 aromatic rings. The molecule has 2 aromatic heterocycles. The molecular formula is C28H30N6O2. The van der Waals surface area contributed by atoms with Crippen LogP contribution in [-0.2, 0) is 4.79 Å². The van der Waals surface area contributed by atoms with Crippen molar-refractivity contribution >= 4 is 34.4 Å². The molecule has 2 unspecified atom stereocenters. The van der Waals surface area contributed by atoms with Crippen LogP contribution in [0.5, 0.6) is 0 Å². The Balaban J connectivity index is 1.20. The normalized spacial score (nSPS) is 21.4. The Bertz CT molecular complexity index is 1400. The highest BCUT2D eigenvalue weighted by Gasteiger charge is 2.31. The zero-order chi connectivity index (χ0) is 24.8. The van der Waals surface area contributed by atoms with Crippen LogP contribution in [0.4, 0.5) is 11.4 Å². The molecular weight excluding hydrogens is 452 g/mol. The third-order valence-electron chi connectivity index (χ3n) is 7.58. The van der Waals surface area contributed by atoms with Gasteiger partial charge in [-0.1, -0.05) is 12.2 Å². The van der Waals surface area contributed by atoms with Crippen LogP contribution in [0, 0.1) is 5.92 Å². The topological polar surface area (TPSA) is 82.0 Å². The Hall–Kier alpha value is -3.91. The number of likely N-dealkylation sites (tertiary alicyclic amines) is 1. The average Bonchev–Trinajstić information content (AvgIpc) is 3.65. The summed E-state index contributed by atoms with van der Waals surface area (Å²) < 4.78 is 2.07. The fourth-order valence-corrected chi connectivity index (χ4v) is 5.43. The van der Waals surface area contributed by atoms with E-state index in [0.717, 1.165) is 59.8 Å². The SMILES string of the molecule is CN(C)C1CCN(C(=O)c2ccc(Nc3ccc(C4=CCC5C(=O)NCC5=C4)n4ccnc34)cc2)C1. The van der Waals surface area contributed by atoms with Crippen molar-refractivity contribution in [2.24, 2.45) is 5.92 Å². The lowest BCUT2D eigenvalue weighted by molar-refractivity contribution is -0.121. The van der Waals surface area contributed by atoms with E-state index in [2.05, 4.69) is 57.2 Å². The van der Waals surface area contributed by atoms with E-state index in [0.29, 0.717) is 18.2 Å². The van der Waals surface area contributed by atoms with E-state index >= 15 is 0 Å². The van der Waals surface area contributed by atoms with E-state index in [1.807, 2.05) is 41.4 Å². The first kappa shape index (κ1) is 22.5. The van der Waals surface area contributed by atoms with Gasteiger partial charge in [0, 0.05) is 49.3 Å². The van der Waals surface area contributed by atoms with Gasteiger partial charge in [0.05, 0.1) is 17.3 Å². The molecule has 2 aliphatic heterocycles. The fourth-order valence-electron chi connectivity index (χ4n) is 5.43. The number of amides is 2. The summed E-state index contributed by atoms with van der Waals surface area (Å²) >= 11 is 0. The number of imidazole rings is 1. The summed E-state index contributed by atoms with van der Waals surface area (Å²) in [5, 5.41) is 6.40. The quantitative estimate of drug-likeness (QED) is 0.583. The van der Waals surface area contributed by atoms with Gasteiger partial charge in [-0.3, -0.25) is 14.0 Å². The van der Waals surface area contributed by atoms with Crippen molar-refractivity contribution in [3.8, 4) is 0 Å². The predicted octanol–water partition coefficient (Wildman–Crippen LogP) is 3.31. The van der Waals surface area contributed by atoms with Gasteiger partial charge in [0.15, 0.2) is 5.65 Å². The van der Waals surface area contributed by atoms with Crippen LogP contribution < -0.4 is 10.6 Å². The van der Waals surface area contributed by atoms with Gasteiger partial charge >= 0.3 is 0 Å². The summed E-state index contributed by atoms with van der Waals surface area (Å²) in [6, 6.07) is 12.2. The number of nitrogens with one attached hydrogen (secondary N) is 2. The molecule has 36 heavy (non-hydrogen) atoms. The third-order valence-corrected chi connectivity index (χ3v) is 7.58. The Labute approximate surface area is 210 Å². The lowest BCUT2D eigenvalue weighted by atomic mass is 9.89. The molecule has 8 heteroatoms. The first-order valence-electron chi connectivity index (χ1n) is 12.5. The van der Waals surface area contributed by atoms with Gasteiger partial charge in [-0.2, -0.15) is 0 Å². The Morgan fingerprint density at radius 3 is 2.78 bits per heavy atom. The molecule has 0 spiro atoms. The number of pyridine rings is 1. The second-order valence-corrected chi connectivity index (χ2v) is 10.00. The van der Waals surface area contributed by atoms with Gasteiger partial charge in [-0.25, -0.2) is 4.98 Å². The number of allylic oxidation sites excluding steroid dienone is 3. The number of carbonyl (C=O) groups excluding carboxylic acids is 2. The van der Waals surface area contributed by atoms with Crippen molar-refractivity contribution in [1.82, 2.24) is 24.5 Å². The summed E-state index contributed by atoms with van der Waals surface area (Å²) in [5.74, 6) is 0.180. The number of aromatic nitrogens is 2. The van der Waals surface area contributed by atoms with Gasteiger partial charge in [-0.05, 0) is 74.5 Å². The Kier molecular flexibility index (Phi) is 5.60. The number of anilines is 2. The number of rotatable bonds is 5. The summed E-state index contributed by atoms with van der Waals surface area (Å²) in [6.07, 6.45) is 9.75. The largest absolute Gasteiger partial charge is 0.352 e. The molecule has 0 bridgehead atoms. The van der Waals surface area contributed by atoms with E-state index in [-0.39, 0.29) is 17.7 Å². The molecule has 1 aromatic carbocycles. The maximum absolute atomic E-state index is 12.9. The van der Waals surface area contributed by atoms with Crippen LogP contribution in [0.3, 0.4) is 0 Å². The number of carbonyl (C=O) groups is 2. The van der Waals surface area contributed by atoms with Crippen molar-refractivity contribution in [2.75, 3.05) is 39.0 Å². The lowest BCUT2D eigenvalue weighted by Crippen LogP contribution is -2.34. The van der Waals surface area contributed by atoms with Gasteiger partial charge in [0.1, 0.15) is 0 Å². The zero-order valence-corrected chi connectivity index (χ0v) is 20.6. The molecule has 2 N–H and O–H groups in total. The van der Waals surface area contributed by atoms with E-state index in [1.54, 1.807) is 6.20 Å². The first-order valence-corrected chi connectivity index (χ1v) is 12.5. The number of fused-ring (bicyclic) bond motifs is 2. The lowest BCUT2D eigenvalue weighted by Gasteiger charge is -2.20. The summed E-state index contributed by atoms with van der Waals surface area (Å²) in [7, 11) is 4.13. The van der Waals surface area contributed by atoms with E-state index in [9.17, 15) is 9.59 Å². The summed E-state index contributed by atoms with van der Waals surface area (Å²) in [5.41, 5.74) is 6.60. The Morgan fingerprint density at radius 1 is 1.17 bits per heavy atom. The van der Waals surface area contributed by atoms with Crippen LogP contribution in [0.2, 0.25) is 0 Å². The minimum absolute atomic E-state index is 0.0253. The molecule has 2 amide bonds. The van der Waals surface area contributed by atoms with E-state index in [4.69, 9.17) is 0 Å². The van der Waals surface area contributed by atoms with E-state index < -0.39 is 0 Å². The van der Waals surface area contributed by atoms with Crippen molar-refractivity contribution in [3.63, 3.8) is 0 Å². The first-order chi connectivity index (χ1) is 17.5. The Morgan fingerprint density at radius 2 is 2.00 bits per heavy atom. The average molecular weight is 483 g/mol. The van der Waals surface area contributed by atoms with E-state index in [1.165, 1.54) is 0 Å². The van der Waals surface area contributed by atoms with Crippen LogP contribution in [0.25, 0.3) is 11.2 Å². The predicted molar refractivity (Wildman–Crippen MR) is 140 cm³/mol. The number of nitrogens with zero attached hydrogens (tertiary/aromatic N) is 4. The van der Waals surface area contributed by atoms with Crippen LogP contribution >= 0.6 is 0 Å². The second kappa shape index (κ2) is 8.95. The number of benzene rings is 1. The zero-order valence-electron chi connectivity index (χ0n) is 20.6. The second-order valence-electron chi connectivity index (χ2n) is 10.00. The molecule has 2 fully saturated rings. The molecule has 8 nitrogen and oxygen atoms in total. The highest BCUT2D eigenvalue weighted by molar-refractivity contribution is 5.95. The van der Waals surface area contributed by atoms with Crippen LogP contribution in [-0.4, -0.2) is 70.8 Å². The number of likely N-dealkylation sites (N-methyl/N-ethyl adjacent to an activating group) is 1. The highest BCUT2D eigenvalue weighted by atomic mass is 16.2. The monoisotopic (exact) mass is 482 g/mol. The smallest absolute Gasteiger partial charge is 0.253 e. The maximum atomic E-state index is 12.9. The number of hydrogen-bond donors (Lipinski definition) is 2. The summed E-state index contributed by atoms with van der Waals surface area (Å²) in [4.78, 5) is 33.6. The molecule has 0 radical (unpaired) electrons. The molecule has 4 heterocycles. The standard InChI is InChI=1S/C28H30N6O2/c1-32(2)22-11-13-33(17-22)28(36)18-3-6-21(7-4-18)31-24-9-10-25(34-14-12-29-26(24)34)19-5-8-23-20(15-19)16-30-27(23)35/h3-7,9-10,12,14-15,22-23,31H,8,11,13,16-17H2,1-2H3,(H,30,35). The van der Waals surface area contributed by atoms with Crippen molar-refractivity contribution in [1.29, 1.82) is 0 Å². The minimum Gasteiger partial charge on any atom is -0.352 e. The van der Waals surface area contributed by atoms with Crippen LogP contribution in [0.1, 0.15) is 28.9 Å². The van der Waals surface area contributed by atoms with Crippen molar-refractivity contribution in [2.45, 2.75) is 18.9 Å². The van der Waals surface area contributed by atoms with Gasteiger partial charge < -0.3 is 20.4 Å².